The van der Waals surface area contributed by atoms with Gasteiger partial charge in [-0.2, -0.15) is 0 Å². The number of esters is 1. The number of carbonyl (C=O) groups is 1. The van der Waals surface area contributed by atoms with Crippen LogP contribution in [0, 0.1) is 0 Å². The van der Waals surface area contributed by atoms with Gasteiger partial charge in [0.05, 0.1) is 6.10 Å². The number of nitrogens with one attached hydrogen (secondary N) is 1. The minimum atomic E-state index is -3.53. The lowest BCUT2D eigenvalue weighted by Gasteiger charge is -2.25. The topological polar surface area (TPSA) is 54.6 Å². The number of aryl methyl sites for hydroxylation is 1. The third-order valence-electron chi connectivity index (χ3n) is 3.19. The van der Waals surface area contributed by atoms with Crippen LogP contribution in [0.1, 0.15) is 47.0 Å². The van der Waals surface area contributed by atoms with E-state index >= 15 is 0 Å². The smallest absolute Gasteiger partial charge is 0.343 e. The monoisotopic (exact) mass is 342 g/mol. The minimum Gasteiger partial charge on any atom is -0.424 e. The zero-order valence-electron chi connectivity index (χ0n) is 24.1. The van der Waals surface area contributed by atoms with Crippen molar-refractivity contribution in [3.8, 4) is 5.75 Å². The van der Waals surface area contributed by atoms with E-state index < -0.39 is 48.9 Å². The summed E-state index contributed by atoms with van der Waals surface area (Å²) in [5.41, 5.74) is -1.52. The van der Waals surface area contributed by atoms with E-state index in [-0.39, 0.29) is 22.8 Å². The van der Waals surface area contributed by atoms with E-state index in [9.17, 15) is 4.79 Å². The Morgan fingerprint density at radius 1 is 1.42 bits per heavy atom. The number of hydrogen-bond acceptors (Lipinski definition) is 4. The highest BCUT2D eigenvalue weighted by Gasteiger charge is 2.32. The van der Waals surface area contributed by atoms with E-state index in [1.165, 1.54) is 32.0 Å². The molecule has 0 radical (unpaired) electrons. The minimum absolute atomic E-state index is 0.0406. The molecule has 0 aliphatic rings. The molecular weight excluding hydrogens is 304 g/mol. The van der Waals surface area contributed by atoms with E-state index in [0.29, 0.717) is 0 Å². The Hall–Kier alpha value is -1.85. The second kappa shape index (κ2) is 7.36. The summed E-state index contributed by atoms with van der Waals surface area (Å²) in [4.78, 5) is 15.1. The number of benzene rings is 1. The molecule has 1 N–H and O–H groups in total. The predicted molar refractivity (Wildman–Crippen MR) is 96.5 cm³/mol. The van der Waals surface area contributed by atoms with Gasteiger partial charge in [0.15, 0.2) is 5.60 Å². The van der Waals surface area contributed by atoms with Crippen LogP contribution in [0.15, 0.2) is 24.4 Å². The van der Waals surface area contributed by atoms with Crippen LogP contribution >= 0.6 is 0 Å². The predicted octanol–water partition coefficient (Wildman–Crippen LogP) is 3.38. The lowest BCUT2D eigenvalue weighted by Crippen LogP contribution is -2.40. The number of ether oxygens (including phenoxy) is 2. The number of likely N-dealkylation sites (N-methyl/N-ethyl adjacent to an activating group) is 1. The normalized spacial score (nSPS) is 20.8. The van der Waals surface area contributed by atoms with Gasteiger partial charge < -0.3 is 19.4 Å². The molecule has 24 heavy (non-hydrogen) atoms. The third-order valence-corrected chi connectivity index (χ3v) is 3.19. The SMILES string of the molecule is [2H]C([2H])([2H])N(C([2H])([2H])[2H])C([2H])([2H])C([2H])([2H])c1c[nH]c2cccc(OC(=O)C(C)(C)OC(C)C)c12. The molecule has 5 nitrogen and oxygen atoms in total. The number of hydrogen-bond donors (Lipinski definition) is 1. The summed E-state index contributed by atoms with van der Waals surface area (Å²) in [6, 6.07) is 4.39. The van der Waals surface area contributed by atoms with Gasteiger partial charge in [0.2, 0.25) is 0 Å². The van der Waals surface area contributed by atoms with Crippen molar-refractivity contribution < 1.29 is 28.0 Å². The summed E-state index contributed by atoms with van der Waals surface area (Å²) in [6.07, 6.45) is -2.39. The van der Waals surface area contributed by atoms with Crippen LogP contribution < -0.4 is 4.74 Å². The van der Waals surface area contributed by atoms with Crippen molar-refractivity contribution >= 4 is 16.9 Å². The molecule has 1 aromatic carbocycles. The fraction of sp³-hybridized carbons (Fsp3) is 0.526. The van der Waals surface area contributed by atoms with Gasteiger partial charge in [-0.25, -0.2) is 4.79 Å². The zero-order chi connectivity index (χ0) is 26.5. The molecule has 0 fully saturated rings. The zero-order valence-corrected chi connectivity index (χ0v) is 14.1. The fourth-order valence-electron chi connectivity index (χ4n) is 2.31. The average Bonchev–Trinajstić information content (AvgIpc) is 3.03. The Morgan fingerprint density at radius 2 is 2.17 bits per heavy atom. The van der Waals surface area contributed by atoms with Gasteiger partial charge in [-0.3, -0.25) is 0 Å². The van der Waals surface area contributed by atoms with E-state index in [2.05, 4.69) is 4.98 Å². The van der Waals surface area contributed by atoms with Crippen LogP contribution in [0.2, 0.25) is 0 Å². The van der Waals surface area contributed by atoms with Gasteiger partial charge >= 0.3 is 5.97 Å². The quantitative estimate of drug-likeness (QED) is 0.619. The second-order valence-corrected chi connectivity index (χ2v) is 6.02. The summed E-state index contributed by atoms with van der Waals surface area (Å²) in [5.74, 6) is -0.927. The molecular formula is C19H28N2O3. The number of fused-ring (bicyclic) bond motifs is 1. The van der Waals surface area contributed by atoms with Crippen LogP contribution in [-0.2, 0) is 15.9 Å². The van der Waals surface area contributed by atoms with Gasteiger partial charge in [-0.1, -0.05) is 6.07 Å². The number of nitrogens with zero attached hydrogens (tertiary/aromatic N) is 1. The first-order valence-corrected chi connectivity index (χ1v) is 7.45. The summed E-state index contributed by atoms with van der Waals surface area (Å²) in [6.45, 7) is -4.04. The molecule has 1 heterocycles. The van der Waals surface area contributed by atoms with Crippen molar-refractivity contribution in [1.29, 1.82) is 0 Å². The van der Waals surface area contributed by atoms with Crippen molar-refractivity contribution in [3.05, 3.63) is 30.0 Å². The van der Waals surface area contributed by atoms with Gasteiger partial charge in [0.25, 0.3) is 0 Å². The number of aromatic nitrogens is 1. The second-order valence-electron chi connectivity index (χ2n) is 6.02. The number of aromatic amines is 1. The highest BCUT2D eigenvalue weighted by Crippen LogP contribution is 2.30. The number of carbonyl (C=O) groups excluding carboxylic acids is 1. The maximum absolute atomic E-state index is 12.8. The Morgan fingerprint density at radius 3 is 2.83 bits per heavy atom. The van der Waals surface area contributed by atoms with Crippen molar-refractivity contribution in [2.45, 2.75) is 45.8 Å². The maximum atomic E-state index is 12.8. The molecule has 0 unspecified atom stereocenters. The molecule has 0 saturated heterocycles. The van der Waals surface area contributed by atoms with Crippen molar-refractivity contribution in [1.82, 2.24) is 9.88 Å². The van der Waals surface area contributed by atoms with Gasteiger partial charge in [0.1, 0.15) is 5.75 Å². The molecule has 0 bridgehead atoms. The largest absolute Gasteiger partial charge is 0.424 e. The van der Waals surface area contributed by atoms with E-state index in [0.717, 1.165) is 6.20 Å². The van der Waals surface area contributed by atoms with Crippen molar-refractivity contribution in [2.75, 3.05) is 20.4 Å². The molecule has 1 aromatic heterocycles. The van der Waals surface area contributed by atoms with Gasteiger partial charge in [-0.15, -0.1) is 0 Å². The molecule has 0 spiro atoms. The van der Waals surface area contributed by atoms with Gasteiger partial charge in [0, 0.05) is 37.3 Å². The molecule has 5 heteroatoms. The summed E-state index contributed by atoms with van der Waals surface area (Å²) in [5, 5.41) is -0.0406. The molecule has 132 valence electrons. The van der Waals surface area contributed by atoms with Crippen LogP contribution in [0.25, 0.3) is 10.9 Å². The Balaban J connectivity index is 2.65. The Kier molecular flexibility index (Phi) is 2.77. The van der Waals surface area contributed by atoms with Gasteiger partial charge in [-0.05, 0) is 65.7 Å². The summed E-state index contributed by atoms with van der Waals surface area (Å²) >= 11 is 0. The Bertz CT molecular complexity index is 1030. The van der Waals surface area contributed by atoms with Crippen LogP contribution in [-0.4, -0.2) is 48.0 Å². The number of H-pyrrole nitrogens is 1. The summed E-state index contributed by atoms with van der Waals surface area (Å²) in [7, 11) is 0. The first-order valence-electron chi connectivity index (χ1n) is 12.4. The molecule has 0 amide bonds. The number of rotatable bonds is 7. The van der Waals surface area contributed by atoms with Crippen LogP contribution in [0.3, 0.4) is 0 Å². The first kappa shape index (κ1) is 9.02. The van der Waals surface area contributed by atoms with Crippen LogP contribution in [0.4, 0.5) is 0 Å². The standard InChI is InChI=1S/C19H28N2O3/c1-13(2)24-19(3,4)18(22)23-16-9-7-8-15-17(16)14(12-20-15)10-11-21(5)6/h7-9,12-13,20H,10-11H2,1-6H3/i5D3,6D3,10D2,11D2. The fourth-order valence-corrected chi connectivity index (χ4v) is 2.31. The van der Waals surface area contributed by atoms with E-state index in [1.54, 1.807) is 13.8 Å². The molecule has 0 atom stereocenters. The highest BCUT2D eigenvalue weighted by molar-refractivity contribution is 5.92. The van der Waals surface area contributed by atoms with Crippen LogP contribution in [0.5, 0.6) is 5.75 Å². The third kappa shape index (κ3) is 4.36. The summed E-state index contributed by atoms with van der Waals surface area (Å²) < 4.78 is 89.9. The Labute approximate surface area is 158 Å². The van der Waals surface area contributed by atoms with Crippen molar-refractivity contribution in [3.63, 3.8) is 0 Å². The van der Waals surface area contributed by atoms with E-state index in [4.69, 9.17) is 23.2 Å². The van der Waals surface area contributed by atoms with E-state index in [1.807, 2.05) is 0 Å². The lowest BCUT2D eigenvalue weighted by molar-refractivity contribution is -0.162. The highest BCUT2D eigenvalue weighted by atomic mass is 16.6. The lowest BCUT2D eigenvalue weighted by atomic mass is 10.1. The molecule has 0 aliphatic heterocycles. The molecule has 0 saturated carbocycles. The molecule has 2 aromatic rings. The first-order chi connectivity index (χ1) is 15.1. The molecule has 0 aliphatic carbocycles. The van der Waals surface area contributed by atoms with Crippen molar-refractivity contribution in [2.24, 2.45) is 0 Å². The molecule has 2 rings (SSSR count). The average molecular weight is 343 g/mol. The maximum Gasteiger partial charge on any atom is 0.343 e.